The Kier molecular flexibility index (Phi) is 4.15. The van der Waals surface area contributed by atoms with Gasteiger partial charge in [-0.15, -0.1) is 12.4 Å². The van der Waals surface area contributed by atoms with E-state index in [0.29, 0.717) is 0 Å². The zero-order valence-corrected chi connectivity index (χ0v) is 8.64. The van der Waals surface area contributed by atoms with Crippen molar-refractivity contribution >= 4 is 12.4 Å². The quantitative estimate of drug-likeness (QED) is 0.800. The van der Waals surface area contributed by atoms with E-state index in [0.717, 1.165) is 4.57 Å². The van der Waals surface area contributed by atoms with Crippen molar-refractivity contribution in [3.05, 3.63) is 18.2 Å². The summed E-state index contributed by atoms with van der Waals surface area (Å²) >= 11 is 0. The molecule has 0 aliphatic heterocycles. The molecule has 0 bridgehead atoms. The lowest BCUT2D eigenvalue weighted by Gasteiger charge is -2.28. The molecule has 0 aromatic carbocycles. The number of nitrogens with two attached hydrogens (primary N) is 1. The number of aliphatic hydroxyl groups is 1. The molecule has 0 aliphatic carbocycles. The van der Waals surface area contributed by atoms with Gasteiger partial charge in [-0.1, -0.05) is 0 Å². The van der Waals surface area contributed by atoms with Gasteiger partial charge >= 0.3 is 6.18 Å². The fourth-order valence-corrected chi connectivity index (χ4v) is 1.10. The molecular formula is C7H11ClF3N3O. The lowest BCUT2D eigenvalue weighted by Crippen LogP contribution is -2.50. The number of rotatable bonds is 2. The predicted octanol–water partition coefficient (Wildman–Crippen LogP) is 0.551. The second kappa shape index (κ2) is 4.38. The van der Waals surface area contributed by atoms with Gasteiger partial charge in [0.15, 0.2) is 5.82 Å². The molecular weight excluding hydrogens is 235 g/mol. The van der Waals surface area contributed by atoms with Crippen LogP contribution in [0.25, 0.3) is 0 Å². The lowest BCUT2D eigenvalue weighted by atomic mass is 10.0. The van der Waals surface area contributed by atoms with Gasteiger partial charge in [0.2, 0.25) is 5.60 Å². The van der Waals surface area contributed by atoms with E-state index < -0.39 is 24.1 Å². The number of hydrogen-bond acceptors (Lipinski definition) is 3. The third-order valence-corrected chi connectivity index (χ3v) is 1.96. The van der Waals surface area contributed by atoms with Crippen LogP contribution in [0.1, 0.15) is 5.82 Å². The summed E-state index contributed by atoms with van der Waals surface area (Å²) in [4.78, 5) is 3.44. The summed E-state index contributed by atoms with van der Waals surface area (Å²) in [7, 11) is 1.36. The van der Waals surface area contributed by atoms with E-state index in [1.165, 1.54) is 19.4 Å². The summed E-state index contributed by atoms with van der Waals surface area (Å²) in [6.07, 6.45) is -2.36. The van der Waals surface area contributed by atoms with E-state index >= 15 is 0 Å². The van der Waals surface area contributed by atoms with Gasteiger partial charge in [-0.05, 0) is 0 Å². The van der Waals surface area contributed by atoms with Crippen molar-refractivity contribution in [1.82, 2.24) is 9.55 Å². The molecule has 4 nitrogen and oxygen atoms in total. The topological polar surface area (TPSA) is 64.1 Å². The molecule has 1 unspecified atom stereocenters. The Morgan fingerprint density at radius 2 is 2.07 bits per heavy atom. The molecule has 8 heteroatoms. The van der Waals surface area contributed by atoms with Crippen molar-refractivity contribution in [2.45, 2.75) is 11.8 Å². The van der Waals surface area contributed by atoms with Crippen molar-refractivity contribution in [3.63, 3.8) is 0 Å². The SMILES string of the molecule is Cl.Cn1ccnc1C(O)(CN)C(F)(F)F. The molecule has 0 radical (unpaired) electrons. The molecule has 1 aromatic rings. The summed E-state index contributed by atoms with van der Waals surface area (Å²) in [5.74, 6) is -0.507. The minimum Gasteiger partial charge on any atom is -0.373 e. The molecule has 0 fully saturated rings. The molecule has 1 rings (SSSR count). The highest BCUT2D eigenvalue weighted by Gasteiger charge is 2.56. The summed E-state index contributed by atoms with van der Waals surface area (Å²) in [6, 6.07) is 0. The van der Waals surface area contributed by atoms with E-state index in [2.05, 4.69) is 4.98 Å². The largest absolute Gasteiger partial charge is 0.425 e. The van der Waals surface area contributed by atoms with Gasteiger partial charge in [0.1, 0.15) is 0 Å². The number of alkyl halides is 3. The molecule has 1 atom stereocenters. The van der Waals surface area contributed by atoms with E-state index in [9.17, 15) is 18.3 Å². The van der Waals surface area contributed by atoms with Crippen LogP contribution in [0.4, 0.5) is 13.2 Å². The van der Waals surface area contributed by atoms with Crippen molar-refractivity contribution < 1.29 is 18.3 Å². The number of aryl methyl sites for hydroxylation is 1. The Labute approximate surface area is 90.3 Å². The van der Waals surface area contributed by atoms with E-state index in [-0.39, 0.29) is 12.4 Å². The van der Waals surface area contributed by atoms with E-state index in [4.69, 9.17) is 5.73 Å². The number of halogens is 4. The van der Waals surface area contributed by atoms with Gasteiger partial charge < -0.3 is 15.4 Å². The summed E-state index contributed by atoms with van der Waals surface area (Å²) in [5, 5.41) is 9.36. The molecule has 3 N–H and O–H groups in total. The summed E-state index contributed by atoms with van der Waals surface area (Å²) in [6.45, 7) is -0.957. The highest BCUT2D eigenvalue weighted by molar-refractivity contribution is 5.85. The van der Waals surface area contributed by atoms with Gasteiger partial charge in [0.05, 0.1) is 0 Å². The first-order valence-electron chi connectivity index (χ1n) is 3.80. The standard InChI is InChI=1S/C7H10F3N3O.ClH/c1-13-3-2-12-5(13)6(14,4-11)7(8,9)10;/h2-3,14H,4,11H2,1H3;1H. The normalized spacial score (nSPS) is 15.6. The Morgan fingerprint density at radius 1 is 1.53 bits per heavy atom. The molecule has 0 saturated carbocycles. The molecule has 0 aliphatic rings. The van der Waals surface area contributed by atoms with Gasteiger partial charge in [0.25, 0.3) is 0 Å². The Morgan fingerprint density at radius 3 is 2.33 bits per heavy atom. The molecule has 0 spiro atoms. The molecule has 0 amide bonds. The maximum absolute atomic E-state index is 12.5. The highest BCUT2D eigenvalue weighted by atomic mass is 35.5. The fraction of sp³-hybridized carbons (Fsp3) is 0.571. The first-order valence-corrected chi connectivity index (χ1v) is 3.80. The third-order valence-electron chi connectivity index (χ3n) is 1.96. The Bertz CT molecular complexity index is 328. The lowest BCUT2D eigenvalue weighted by molar-refractivity contribution is -0.265. The Hall–Kier alpha value is -0.790. The summed E-state index contributed by atoms with van der Waals surface area (Å²) in [5.41, 5.74) is 1.85. The smallest absolute Gasteiger partial charge is 0.373 e. The molecule has 88 valence electrons. The molecule has 0 saturated heterocycles. The average Bonchev–Trinajstić information content (AvgIpc) is 2.48. The van der Waals surface area contributed by atoms with Crippen LogP contribution < -0.4 is 5.73 Å². The van der Waals surface area contributed by atoms with E-state index in [1.807, 2.05) is 0 Å². The zero-order valence-electron chi connectivity index (χ0n) is 7.82. The fourth-order valence-electron chi connectivity index (χ4n) is 1.10. The van der Waals surface area contributed by atoms with Crippen molar-refractivity contribution in [3.8, 4) is 0 Å². The summed E-state index contributed by atoms with van der Waals surface area (Å²) < 4.78 is 38.5. The number of aromatic nitrogens is 2. The van der Waals surface area contributed by atoms with Crippen molar-refractivity contribution in [2.24, 2.45) is 12.8 Å². The second-order valence-corrected chi connectivity index (χ2v) is 2.92. The number of hydrogen-bond donors (Lipinski definition) is 2. The molecule has 1 heterocycles. The minimum absolute atomic E-state index is 0. The van der Waals surface area contributed by atoms with Gasteiger partial charge in [-0.2, -0.15) is 13.2 Å². The zero-order chi connectivity index (χ0) is 11.0. The average molecular weight is 246 g/mol. The monoisotopic (exact) mass is 245 g/mol. The van der Waals surface area contributed by atoms with Crippen LogP contribution in [0.15, 0.2) is 12.4 Å². The van der Waals surface area contributed by atoms with Crippen LogP contribution >= 0.6 is 12.4 Å². The van der Waals surface area contributed by atoms with Crippen LogP contribution in [0.5, 0.6) is 0 Å². The van der Waals surface area contributed by atoms with Crippen molar-refractivity contribution in [2.75, 3.05) is 6.54 Å². The van der Waals surface area contributed by atoms with E-state index in [1.54, 1.807) is 0 Å². The number of imidazole rings is 1. The second-order valence-electron chi connectivity index (χ2n) is 2.92. The maximum atomic E-state index is 12.5. The minimum atomic E-state index is -4.83. The van der Waals surface area contributed by atoms with Crippen molar-refractivity contribution in [1.29, 1.82) is 0 Å². The first kappa shape index (κ1) is 14.2. The first-order chi connectivity index (χ1) is 6.33. The van der Waals surface area contributed by atoms with Gasteiger partial charge in [-0.3, -0.25) is 0 Å². The predicted molar refractivity (Wildman–Crippen MR) is 49.5 cm³/mol. The van der Waals surface area contributed by atoms with Crippen LogP contribution in [0, 0.1) is 0 Å². The van der Waals surface area contributed by atoms with Crippen LogP contribution in [-0.4, -0.2) is 27.4 Å². The molecule has 15 heavy (non-hydrogen) atoms. The highest BCUT2D eigenvalue weighted by Crippen LogP contribution is 2.36. The maximum Gasteiger partial charge on any atom is 0.425 e. The third kappa shape index (κ3) is 2.24. The molecule has 1 aromatic heterocycles. The van der Waals surface area contributed by atoms with Crippen LogP contribution in [0.3, 0.4) is 0 Å². The Balaban J connectivity index is 0.00000196. The number of nitrogens with zero attached hydrogens (tertiary/aromatic N) is 2. The van der Waals surface area contributed by atoms with Gasteiger partial charge in [0, 0.05) is 26.0 Å². The van der Waals surface area contributed by atoms with Gasteiger partial charge in [-0.25, -0.2) is 4.98 Å². The van der Waals surface area contributed by atoms with Crippen LogP contribution in [0.2, 0.25) is 0 Å². The van der Waals surface area contributed by atoms with Crippen LogP contribution in [-0.2, 0) is 12.6 Å².